The Balaban J connectivity index is 0.00000264. The number of hydrogen-bond donors (Lipinski definition) is 2. The highest BCUT2D eigenvalue weighted by atomic mass is 127. The second-order valence-corrected chi connectivity index (χ2v) is 5.60. The quantitative estimate of drug-likeness (QED) is 0.287. The molecule has 0 aliphatic heterocycles. The number of guanidine groups is 1. The highest BCUT2D eigenvalue weighted by Gasteiger charge is 2.46. The number of hydrogen-bond acceptors (Lipinski definition) is 3. The Kier molecular flexibility index (Phi) is 8.68. The van der Waals surface area contributed by atoms with Crippen molar-refractivity contribution in [1.82, 2.24) is 10.6 Å². The van der Waals surface area contributed by atoms with Gasteiger partial charge in [-0.1, -0.05) is 18.2 Å². The van der Waals surface area contributed by atoms with Crippen LogP contribution in [0.25, 0.3) is 0 Å². The van der Waals surface area contributed by atoms with Gasteiger partial charge in [-0.15, -0.1) is 24.0 Å². The summed E-state index contributed by atoms with van der Waals surface area (Å²) in [5.41, 5.74) is 1.41. The third-order valence-corrected chi connectivity index (χ3v) is 4.01. The van der Waals surface area contributed by atoms with Crippen LogP contribution in [0.15, 0.2) is 29.3 Å². The molecule has 130 valence electrons. The van der Waals surface area contributed by atoms with Crippen molar-refractivity contribution in [3.8, 4) is 5.75 Å². The first-order valence-corrected chi connectivity index (χ1v) is 7.90. The van der Waals surface area contributed by atoms with Crippen molar-refractivity contribution in [2.75, 3.05) is 40.5 Å². The van der Waals surface area contributed by atoms with Gasteiger partial charge in [0.05, 0.1) is 20.3 Å². The third-order valence-electron chi connectivity index (χ3n) is 4.01. The fraction of sp³-hybridized carbons (Fsp3) is 0.588. The van der Waals surface area contributed by atoms with Gasteiger partial charge in [0.15, 0.2) is 5.96 Å². The summed E-state index contributed by atoms with van der Waals surface area (Å²) in [6, 6.07) is 8.27. The van der Waals surface area contributed by atoms with Crippen molar-refractivity contribution < 1.29 is 9.47 Å². The summed E-state index contributed by atoms with van der Waals surface area (Å²) in [7, 11) is 3.43. The van der Waals surface area contributed by atoms with E-state index in [0.29, 0.717) is 6.61 Å². The molecule has 1 saturated carbocycles. The number of rotatable bonds is 8. The molecule has 0 bridgehead atoms. The lowest BCUT2D eigenvalue weighted by Gasteiger charge is -2.18. The van der Waals surface area contributed by atoms with Crippen LogP contribution in [-0.4, -0.2) is 46.4 Å². The van der Waals surface area contributed by atoms with E-state index in [9.17, 15) is 0 Å². The maximum absolute atomic E-state index is 5.51. The van der Waals surface area contributed by atoms with Crippen molar-refractivity contribution in [3.05, 3.63) is 29.8 Å². The van der Waals surface area contributed by atoms with Crippen molar-refractivity contribution in [1.29, 1.82) is 0 Å². The molecule has 0 unspecified atom stereocenters. The van der Waals surface area contributed by atoms with Crippen LogP contribution in [-0.2, 0) is 10.2 Å². The summed E-state index contributed by atoms with van der Waals surface area (Å²) in [4.78, 5) is 4.75. The molecule has 6 heteroatoms. The zero-order valence-corrected chi connectivity index (χ0v) is 16.6. The van der Waals surface area contributed by atoms with E-state index in [1.807, 2.05) is 12.1 Å². The van der Waals surface area contributed by atoms with Crippen LogP contribution in [0.2, 0.25) is 0 Å². The number of para-hydroxylation sites is 1. The first-order valence-electron chi connectivity index (χ1n) is 7.90. The van der Waals surface area contributed by atoms with Crippen molar-refractivity contribution >= 4 is 29.9 Å². The van der Waals surface area contributed by atoms with Gasteiger partial charge in [0, 0.05) is 31.2 Å². The van der Waals surface area contributed by atoms with E-state index in [2.05, 4.69) is 29.7 Å². The molecule has 23 heavy (non-hydrogen) atoms. The monoisotopic (exact) mass is 433 g/mol. The molecule has 2 N–H and O–H groups in total. The molecule has 0 aromatic heterocycles. The van der Waals surface area contributed by atoms with Gasteiger partial charge in [-0.05, 0) is 25.8 Å². The predicted molar refractivity (Wildman–Crippen MR) is 105 cm³/mol. The van der Waals surface area contributed by atoms with Crippen molar-refractivity contribution in [2.24, 2.45) is 4.99 Å². The van der Waals surface area contributed by atoms with Gasteiger partial charge in [-0.2, -0.15) is 0 Å². The Morgan fingerprint density at radius 2 is 1.96 bits per heavy atom. The van der Waals surface area contributed by atoms with Crippen LogP contribution in [0, 0.1) is 0 Å². The molecule has 0 spiro atoms. The van der Waals surface area contributed by atoms with Crippen LogP contribution in [0.5, 0.6) is 5.75 Å². The lowest BCUT2D eigenvalue weighted by atomic mass is 9.95. The Bertz CT molecular complexity index is 504. The Morgan fingerprint density at radius 1 is 1.22 bits per heavy atom. The topological polar surface area (TPSA) is 54.9 Å². The number of nitrogens with one attached hydrogen (secondary N) is 2. The molecule has 0 heterocycles. The standard InChI is InChI=1S/C17H27N3O2.HI/c1-4-18-16(19-11-12-21-2)20-13-17(9-10-17)14-7-5-6-8-15(14)22-3;/h5-8H,4,9-13H2,1-3H3,(H2,18,19,20);1H. The molecule has 0 radical (unpaired) electrons. The molecule has 1 aromatic carbocycles. The smallest absolute Gasteiger partial charge is 0.191 e. The average Bonchev–Trinajstić information content (AvgIpc) is 3.34. The molecule has 1 aliphatic rings. The van der Waals surface area contributed by atoms with E-state index in [1.54, 1.807) is 14.2 Å². The van der Waals surface area contributed by atoms with Gasteiger partial charge in [0.1, 0.15) is 5.75 Å². The van der Waals surface area contributed by atoms with Gasteiger partial charge in [-0.25, -0.2) is 0 Å². The van der Waals surface area contributed by atoms with Crippen LogP contribution in [0.1, 0.15) is 25.3 Å². The zero-order valence-electron chi connectivity index (χ0n) is 14.2. The largest absolute Gasteiger partial charge is 0.496 e. The Morgan fingerprint density at radius 3 is 2.57 bits per heavy atom. The highest BCUT2D eigenvalue weighted by Crippen LogP contribution is 2.51. The Labute approximate surface area is 156 Å². The summed E-state index contributed by atoms with van der Waals surface area (Å²) < 4.78 is 10.6. The molecule has 1 fully saturated rings. The molecule has 0 amide bonds. The number of ether oxygens (including phenoxy) is 2. The van der Waals surface area contributed by atoms with E-state index in [0.717, 1.165) is 44.2 Å². The highest BCUT2D eigenvalue weighted by molar-refractivity contribution is 14.0. The van der Waals surface area contributed by atoms with Crippen molar-refractivity contribution in [3.63, 3.8) is 0 Å². The number of nitrogens with zero attached hydrogens (tertiary/aromatic N) is 1. The first-order chi connectivity index (χ1) is 10.8. The van der Waals surface area contributed by atoms with Crippen LogP contribution >= 0.6 is 24.0 Å². The summed E-state index contributed by atoms with van der Waals surface area (Å²) in [6.45, 7) is 5.11. The second-order valence-electron chi connectivity index (χ2n) is 5.60. The maximum atomic E-state index is 5.51. The van der Waals surface area contributed by atoms with Crippen LogP contribution < -0.4 is 15.4 Å². The minimum absolute atomic E-state index is 0. The summed E-state index contributed by atoms with van der Waals surface area (Å²) in [5, 5.41) is 6.56. The van der Waals surface area contributed by atoms with Gasteiger partial charge in [0.25, 0.3) is 0 Å². The number of halogens is 1. The van der Waals surface area contributed by atoms with Gasteiger partial charge in [-0.3, -0.25) is 4.99 Å². The molecule has 2 rings (SSSR count). The SMILES string of the molecule is CCNC(=NCC1(c2ccccc2OC)CC1)NCCOC.I. The van der Waals surface area contributed by atoms with E-state index in [4.69, 9.17) is 14.5 Å². The lowest BCUT2D eigenvalue weighted by molar-refractivity contribution is 0.203. The van der Waals surface area contributed by atoms with E-state index < -0.39 is 0 Å². The first kappa shape index (κ1) is 20.0. The minimum Gasteiger partial charge on any atom is -0.496 e. The minimum atomic E-state index is 0. The molecule has 1 aromatic rings. The summed E-state index contributed by atoms with van der Waals surface area (Å²) >= 11 is 0. The fourth-order valence-corrected chi connectivity index (χ4v) is 2.59. The van der Waals surface area contributed by atoms with Crippen molar-refractivity contribution in [2.45, 2.75) is 25.2 Å². The van der Waals surface area contributed by atoms with E-state index in [1.165, 1.54) is 5.56 Å². The summed E-state index contributed by atoms with van der Waals surface area (Å²) in [6.07, 6.45) is 2.32. The van der Waals surface area contributed by atoms with Crippen LogP contribution in [0.3, 0.4) is 0 Å². The molecule has 0 atom stereocenters. The lowest BCUT2D eigenvalue weighted by Crippen LogP contribution is -2.39. The van der Waals surface area contributed by atoms with Gasteiger partial charge >= 0.3 is 0 Å². The summed E-state index contributed by atoms with van der Waals surface area (Å²) in [5.74, 6) is 1.81. The third kappa shape index (κ3) is 5.53. The average molecular weight is 433 g/mol. The second kappa shape index (κ2) is 9.97. The molecular formula is C17H28IN3O2. The molecule has 1 aliphatic carbocycles. The van der Waals surface area contributed by atoms with Crippen LogP contribution in [0.4, 0.5) is 0 Å². The predicted octanol–water partition coefficient (Wildman–Crippen LogP) is 2.55. The molecule has 0 saturated heterocycles. The van der Waals surface area contributed by atoms with E-state index in [-0.39, 0.29) is 29.4 Å². The normalized spacial score (nSPS) is 15.5. The zero-order chi connectivity index (χ0) is 15.8. The maximum Gasteiger partial charge on any atom is 0.191 e. The Hall–Kier alpha value is -1.02. The number of benzene rings is 1. The van der Waals surface area contributed by atoms with E-state index >= 15 is 0 Å². The van der Waals surface area contributed by atoms with Gasteiger partial charge in [0.2, 0.25) is 0 Å². The fourth-order valence-electron chi connectivity index (χ4n) is 2.59. The van der Waals surface area contributed by atoms with Gasteiger partial charge < -0.3 is 20.1 Å². The molecule has 5 nitrogen and oxygen atoms in total. The number of aliphatic imine (C=N–C) groups is 1. The number of methoxy groups -OCH3 is 2. The molecular weight excluding hydrogens is 405 g/mol.